The molecule has 0 aromatic heterocycles. The third-order valence-electron chi connectivity index (χ3n) is 8.31. The molecular weight excluding hydrogens is 372 g/mol. The van der Waals surface area contributed by atoms with E-state index in [0.717, 1.165) is 38.1 Å². The molecule has 5 heteroatoms. The Balaban J connectivity index is 1.22. The van der Waals surface area contributed by atoms with Gasteiger partial charge in [0.1, 0.15) is 0 Å². The van der Waals surface area contributed by atoms with E-state index < -0.39 is 0 Å². The number of piperidine rings is 2. The minimum absolute atomic E-state index is 0.187. The zero-order chi connectivity index (χ0) is 20.7. The van der Waals surface area contributed by atoms with E-state index in [9.17, 15) is 0 Å². The van der Waals surface area contributed by atoms with Gasteiger partial charge in [0.15, 0.2) is 5.96 Å². The van der Waals surface area contributed by atoms with Gasteiger partial charge in [-0.05, 0) is 43.7 Å². The summed E-state index contributed by atoms with van der Waals surface area (Å²) >= 11 is 0. The van der Waals surface area contributed by atoms with E-state index in [2.05, 4.69) is 59.3 Å². The Bertz CT molecular complexity index is 764. The van der Waals surface area contributed by atoms with Gasteiger partial charge in [-0.15, -0.1) is 0 Å². The van der Waals surface area contributed by atoms with Gasteiger partial charge in [-0.2, -0.15) is 0 Å². The Morgan fingerprint density at radius 3 is 2.80 bits per heavy atom. The number of ether oxygens (including phenoxy) is 1. The standard InChI is InChI=1S/C25H38N4O/c1-25(2)22(20-12-15-30-23(20)25)27-24(26-3)29-14-11-21-19(17-29)10-7-13-28(21)16-18-8-5-4-6-9-18/h4-6,8-9,19-23H,7,10-17H2,1-3H3,(H,26,27). The third kappa shape index (κ3) is 3.54. The van der Waals surface area contributed by atoms with Gasteiger partial charge in [-0.25, -0.2) is 0 Å². The topological polar surface area (TPSA) is 40.1 Å². The molecule has 5 rings (SSSR count). The lowest BCUT2D eigenvalue weighted by Crippen LogP contribution is -2.68. The number of likely N-dealkylation sites (tertiary alicyclic amines) is 2. The van der Waals surface area contributed by atoms with Crippen LogP contribution in [0.4, 0.5) is 0 Å². The van der Waals surface area contributed by atoms with Crippen LogP contribution >= 0.6 is 0 Å². The van der Waals surface area contributed by atoms with Gasteiger partial charge in [0.2, 0.25) is 0 Å². The maximum absolute atomic E-state index is 5.99. The molecule has 0 bridgehead atoms. The quantitative estimate of drug-likeness (QED) is 0.613. The average molecular weight is 411 g/mol. The van der Waals surface area contributed by atoms with Crippen LogP contribution in [0.1, 0.15) is 45.1 Å². The first-order valence-corrected chi connectivity index (χ1v) is 12.0. The molecule has 3 aliphatic heterocycles. The van der Waals surface area contributed by atoms with Crippen LogP contribution in [0.5, 0.6) is 0 Å². The molecule has 4 aliphatic rings. The van der Waals surface area contributed by atoms with Gasteiger partial charge in [0.25, 0.3) is 0 Å². The first-order chi connectivity index (χ1) is 14.6. The number of hydrogen-bond donors (Lipinski definition) is 1. The molecule has 1 aromatic rings. The van der Waals surface area contributed by atoms with E-state index in [1.807, 2.05) is 7.05 Å². The summed E-state index contributed by atoms with van der Waals surface area (Å²) in [6, 6.07) is 12.2. The molecule has 1 aromatic carbocycles. The van der Waals surface area contributed by atoms with Crippen molar-refractivity contribution in [3.8, 4) is 0 Å². The van der Waals surface area contributed by atoms with Crippen LogP contribution in [0.15, 0.2) is 35.3 Å². The lowest BCUT2D eigenvalue weighted by molar-refractivity contribution is -0.107. The van der Waals surface area contributed by atoms with Crippen LogP contribution in [0.2, 0.25) is 0 Å². The van der Waals surface area contributed by atoms with Crippen LogP contribution in [-0.4, -0.2) is 67.2 Å². The van der Waals surface area contributed by atoms with Crippen molar-refractivity contribution < 1.29 is 4.74 Å². The van der Waals surface area contributed by atoms with Gasteiger partial charge in [0.05, 0.1) is 6.10 Å². The summed E-state index contributed by atoms with van der Waals surface area (Å²) in [5, 5.41) is 3.86. The van der Waals surface area contributed by atoms with Crippen molar-refractivity contribution in [1.29, 1.82) is 0 Å². The highest BCUT2D eigenvalue weighted by Gasteiger charge is 2.59. The summed E-state index contributed by atoms with van der Waals surface area (Å²) in [7, 11) is 1.95. The van der Waals surface area contributed by atoms with Crippen molar-refractivity contribution in [1.82, 2.24) is 15.1 Å². The first-order valence-electron chi connectivity index (χ1n) is 12.0. The van der Waals surface area contributed by atoms with Crippen molar-refractivity contribution in [2.24, 2.45) is 22.2 Å². The molecule has 30 heavy (non-hydrogen) atoms. The fourth-order valence-corrected chi connectivity index (χ4v) is 6.77. The van der Waals surface area contributed by atoms with Crippen LogP contribution in [0.3, 0.4) is 0 Å². The minimum atomic E-state index is 0.187. The van der Waals surface area contributed by atoms with Crippen molar-refractivity contribution in [2.45, 2.75) is 64.3 Å². The molecule has 4 fully saturated rings. The number of hydrogen-bond acceptors (Lipinski definition) is 3. The van der Waals surface area contributed by atoms with Crippen molar-refractivity contribution in [3.63, 3.8) is 0 Å². The van der Waals surface area contributed by atoms with Crippen molar-refractivity contribution in [3.05, 3.63) is 35.9 Å². The Morgan fingerprint density at radius 1 is 1.17 bits per heavy atom. The molecule has 3 heterocycles. The second kappa shape index (κ2) is 8.16. The SMILES string of the molecule is CN=C(NC1C2CCOC2C1(C)C)N1CCC2C(CCCN2Cc2ccccc2)C1. The smallest absolute Gasteiger partial charge is 0.193 e. The molecule has 0 amide bonds. The third-order valence-corrected chi connectivity index (χ3v) is 8.31. The van der Waals surface area contributed by atoms with Gasteiger partial charge in [-0.1, -0.05) is 44.2 Å². The molecule has 0 spiro atoms. The van der Waals surface area contributed by atoms with Gasteiger partial charge in [-0.3, -0.25) is 9.89 Å². The Morgan fingerprint density at radius 2 is 2.00 bits per heavy atom. The number of benzene rings is 1. The Kier molecular flexibility index (Phi) is 5.53. The maximum Gasteiger partial charge on any atom is 0.193 e. The molecule has 3 saturated heterocycles. The lowest BCUT2D eigenvalue weighted by atomic mass is 9.57. The number of nitrogens with zero attached hydrogens (tertiary/aromatic N) is 3. The number of guanidine groups is 1. The highest BCUT2D eigenvalue weighted by atomic mass is 16.5. The molecule has 5 unspecified atom stereocenters. The largest absolute Gasteiger partial charge is 0.377 e. The molecular formula is C25H38N4O. The molecule has 5 nitrogen and oxygen atoms in total. The van der Waals surface area contributed by atoms with E-state index in [4.69, 9.17) is 9.73 Å². The average Bonchev–Trinajstić information content (AvgIpc) is 3.22. The van der Waals surface area contributed by atoms with Crippen LogP contribution in [0.25, 0.3) is 0 Å². The summed E-state index contributed by atoms with van der Waals surface area (Å²) in [6.45, 7) is 10.2. The van der Waals surface area contributed by atoms with Gasteiger partial charge < -0.3 is 15.0 Å². The molecule has 1 saturated carbocycles. The number of nitrogens with one attached hydrogen (secondary N) is 1. The van der Waals surface area contributed by atoms with Gasteiger partial charge in [0, 0.05) is 56.7 Å². The monoisotopic (exact) mass is 410 g/mol. The minimum Gasteiger partial charge on any atom is -0.377 e. The Labute approximate surface area is 181 Å². The number of rotatable bonds is 3. The number of fused-ring (bicyclic) bond motifs is 2. The molecule has 0 radical (unpaired) electrons. The summed E-state index contributed by atoms with van der Waals surface area (Å²) in [6.07, 6.45) is 5.49. The van der Waals surface area contributed by atoms with E-state index in [-0.39, 0.29) is 5.41 Å². The second-order valence-electron chi connectivity index (χ2n) is 10.4. The molecule has 164 valence electrons. The van der Waals surface area contributed by atoms with Crippen LogP contribution in [0, 0.1) is 17.3 Å². The Hall–Kier alpha value is -1.59. The van der Waals surface area contributed by atoms with Crippen molar-refractivity contribution in [2.75, 3.05) is 33.3 Å². The summed E-state index contributed by atoms with van der Waals surface area (Å²) < 4.78 is 5.99. The highest BCUT2D eigenvalue weighted by Crippen LogP contribution is 2.52. The predicted octanol–water partition coefficient (Wildman–Crippen LogP) is 3.36. The van der Waals surface area contributed by atoms with Crippen LogP contribution < -0.4 is 5.32 Å². The summed E-state index contributed by atoms with van der Waals surface area (Å²) in [5.41, 5.74) is 1.63. The summed E-state index contributed by atoms with van der Waals surface area (Å²) in [5.74, 6) is 2.49. The van der Waals surface area contributed by atoms with E-state index in [1.165, 1.54) is 37.8 Å². The first kappa shape index (κ1) is 20.3. The highest BCUT2D eigenvalue weighted by molar-refractivity contribution is 5.80. The zero-order valence-corrected chi connectivity index (χ0v) is 18.9. The zero-order valence-electron chi connectivity index (χ0n) is 18.9. The predicted molar refractivity (Wildman–Crippen MR) is 121 cm³/mol. The van der Waals surface area contributed by atoms with E-state index >= 15 is 0 Å². The molecule has 1 N–H and O–H groups in total. The molecule has 1 aliphatic carbocycles. The van der Waals surface area contributed by atoms with Gasteiger partial charge >= 0.3 is 0 Å². The fourth-order valence-electron chi connectivity index (χ4n) is 6.77. The van der Waals surface area contributed by atoms with E-state index in [0.29, 0.717) is 24.1 Å². The van der Waals surface area contributed by atoms with Crippen molar-refractivity contribution >= 4 is 5.96 Å². The fraction of sp³-hybridized carbons (Fsp3) is 0.720. The normalized spacial score (nSPS) is 36.0. The summed E-state index contributed by atoms with van der Waals surface area (Å²) in [4.78, 5) is 9.99. The molecule has 5 atom stereocenters. The van der Waals surface area contributed by atoms with Crippen LogP contribution in [-0.2, 0) is 11.3 Å². The number of aliphatic imine (C=N–C) groups is 1. The maximum atomic E-state index is 5.99. The lowest BCUT2D eigenvalue weighted by Gasteiger charge is -2.56. The van der Waals surface area contributed by atoms with E-state index in [1.54, 1.807) is 0 Å². The second-order valence-corrected chi connectivity index (χ2v) is 10.4.